The average Bonchev–Trinajstić information content (AvgIpc) is 2.39. The van der Waals surface area contributed by atoms with Crippen LogP contribution in [-0.4, -0.2) is 16.3 Å². The fourth-order valence-corrected chi connectivity index (χ4v) is 2.18. The molecule has 1 unspecified atom stereocenters. The van der Waals surface area contributed by atoms with E-state index < -0.39 is 0 Å². The van der Waals surface area contributed by atoms with Gasteiger partial charge in [0.2, 0.25) is 0 Å². The van der Waals surface area contributed by atoms with Crippen LogP contribution in [0.15, 0.2) is 30.6 Å². The Balaban J connectivity index is 2.29. The van der Waals surface area contributed by atoms with Crippen molar-refractivity contribution in [1.82, 2.24) is 9.97 Å². The van der Waals surface area contributed by atoms with E-state index in [4.69, 9.17) is 23.2 Å². The van der Waals surface area contributed by atoms with Gasteiger partial charge < -0.3 is 5.32 Å². The van der Waals surface area contributed by atoms with E-state index in [1.54, 1.807) is 0 Å². The summed E-state index contributed by atoms with van der Waals surface area (Å²) in [6.07, 6.45) is 1.93. The number of benzene rings is 1. The summed E-state index contributed by atoms with van der Waals surface area (Å²) in [7, 11) is 0. The van der Waals surface area contributed by atoms with Crippen LogP contribution in [0.3, 0.4) is 0 Å². The Morgan fingerprint density at radius 2 is 2.00 bits per heavy atom. The Labute approximate surface area is 120 Å². The summed E-state index contributed by atoms with van der Waals surface area (Å²) in [5.74, 6) is 0.391. The maximum atomic E-state index is 11.0. The number of halogens is 2. The highest BCUT2D eigenvalue weighted by Gasteiger charge is 2.14. The van der Waals surface area contributed by atoms with Gasteiger partial charge in [-0.25, -0.2) is 9.97 Å². The Morgan fingerprint density at radius 1 is 1.26 bits per heavy atom. The van der Waals surface area contributed by atoms with E-state index in [1.807, 2.05) is 31.2 Å². The summed E-state index contributed by atoms with van der Waals surface area (Å²) in [4.78, 5) is 18.8. The molecule has 4 nitrogen and oxygen atoms in total. The van der Waals surface area contributed by atoms with E-state index in [1.165, 1.54) is 6.33 Å². The van der Waals surface area contributed by atoms with Crippen LogP contribution in [0.4, 0.5) is 5.82 Å². The lowest BCUT2D eigenvalue weighted by atomic mass is 10.1. The topological polar surface area (TPSA) is 54.9 Å². The first kappa shape index (κ1) is 13.8. The molecular formula is C13H11Cl2N3O. The summed E-state index contributed by atoms with van der Waals surface area (Å²) in [6, 6.07) is 7.36. The van der Waals surface area contributed by atoms with E-state index >= 15 is 0 Å². The van der Waals surface area contributed by atoms with Gasteiger partial charge in [0.25, 0.3) is 0 Å². The first-order valence-corrected chi connectivity index (χ1v) is 6.35. The maximum Gasteiger partial charge on any atom is 0.156 e. The second-order valence-corrected chi connectivity index (χ2v) is 4.70. The van der Waals surface area contributed by atoms with Crippen LogP contribution in [0, 0.1) is 0 Å². The van der Waals surface area contributed by atoms with Crippen molar-refractivity contribution in [2.75, 3.05) is 5.32 Å². The minimum Gasteiger partial charge on any atom is -0.363 e. The van der Waals surface area contributed by atoms with Gasteiger partial charge in [0.05, 0.1) is 11.6 Å². The predicted octanol–water partition coefficient (Wildman–Crippen LogP) is 3.77. The molecule has 2 aromatic rings. The molecule has 0 aliphatic carbocycles. The maximum absolute atomic E-state index is 11.0. The first-order chi connectivity index (χ1) is 9.13. The number of nitrogens with one attached hydrogen (secondary N) is 1. The summed E-state index contributed by atoms with van der Waals surface area (Å²) >= 11 is 12.0. The van der Waals surface area contributed by atoms with Crippen LogP contribution in [-0.2, 0) is 0 Å². The van der Waals surface area contributed by atoms with Crippen molar-refractivity contribution >= 4 is 35.3 Å². The molecule has 0 spiro atoms. The van der Waals surface area contributed by atoms with E-state index in [-0.39, 0.29) is 16.8 Å². The molecule has 19 heavy (non-hydrogen) atoms. The number of nitrogens with zero attached hydrogens (tertiary/aromatic N) is 2. The fourth-order valence-electron chi connectivity index (χ4n) is 1.70. The minimum absolute atomic E-state index is 0.113. The SMILES string of the molecule is CC(Nc1ncnc(Cl)c1C=O)c1ccccc1Cl. The van der Waals surface area contributed by atoms with Crippen LogP contribution in [0.5, 0.6) is 0 Å². The number of anilines is 1. The second kappa shape index (κ2) is 5.99. The largest absolute Gasteiger partial charge is 0.363 e. The molecule has 1 atom stereocenters. The molecule has 0 aliphatic heterocycles. The van der Waals surface area contributed by atoms with Gasteiger partial charge >= 0.3 is 0 Å². The highest BCUT2D eigenvalue weighted by molar-refractivity contribution is 6.32. The molecule has 0 saturated carbocycles. The Hall–Kier alpha value is -1.65. The standard InChI is InChI=1S/C13H11Cl2N3O/c1-8(9-4-2-3-5-11(9)14)18-13-10(6-19)12(15)16-7-17-13/h2-8H,1H3,(H,16,17,18). The number of aromatic nitrogens is 2. The van der Waals surface area contributed by atoms with Gasteiger partial charge in [-0.15, -0.1) is 0 Å². The molecule has 2 rings (SSSR count). The molecule has 1 heterocycles. The van der Waals surface area contributed by atoms with Gasteiger partial charge in [0.1, 0.15) is 17.3 Å². The lowest BCUT2D eigenvalue weighted by molar-refractivity contribution is 0.112. The molecule has 0 saturated heterocycles. The van der Waals surface area contributed by atoms with Crippen molar-refractivity contribution in [2.24, 2.45) is 0 Å². The van der Waals surface area contributed by atoms with E-state index in [2.05, 4.69) is 15.3 Å². The first-order valence-electron chi connectivity index (χ1n) is 5.60. The summed E-state index contributed by atoms with van der Waals surface area (Å²) in [6.45, 7) is 1.92. The number of aldehydes is 1. The van der Waals surface area contributed by atoms with Crippen LogP contribution in [0.2, 0.25) is 10.2 Å². The van der Waals surface area contributed by atoms with Gasteiger partial charge in [-0.05, 0) is 18.6 Å². The van der Waals surface area contributed by atoms with Gasteiger partial charge in [-0.1, -0.05) is 41.4 Å². The van der Waals surface area contributed by atoms with Crippen LogP contribution < -0.4 is 5.32 Å². The number of hydrogen-bond donors (Lipinski definition) is 1. The lowest BCUT2D eigenvalue weighted by Crippen LogP contribution is -2.11. The summed E-state index contributed by atoms with van der Waals surface area (Å²) < 4.78 is 0. The quantitative estimate of drug-likeness (QED) is 0.689. The summed E-state index contributed by atoms with van der Waals surface area (Å²) in [5.41, 5.74) is 1.15. The predicted molar refractivity (Wildman–Crippen MR) is 75.9 cm³/mol. The van der Waals surface area contributed by atoms with Crippen molar-refractivity contribution in [3.05, 3.63) is 51.9 Å². The molecule has 0 bridgehead atoms. The molecule has 98 valence electrons. The van der Waals surface area contributed by atoms with Gasteiger partial charge in [0, 0.05) is 5.02 Å². The van der Waals surface area contributed by atoms with Crippen molar-refractivity contribution in [3.8, 4) is 0 Å². The highest BCUT2D eigenvalue weighted by Crippen LogP contribution is 2.27. The number of hydrogen-bond acceptors (Lipinski definition) is 4. The molecular weight excluding hydrogens is 285 g/mol. The Morgan fingerprint density at radius 3 is 2.68 bits per heavy atom. The fraction of sp³-hybridized carbons (Fsp3) is 0.154. The van der Waals surface area contributed by atoms with Gasteiger partial charge in [-0.3, -0.25) is 4.79 Å². The zero-order chi connectivity index (χ0) is 13.8. The second-order valence-electron chi connectivity index (χ2n) is 3.93. The van der Waals surface area contributed by atoms with E-state index in [9.17, 15) is 4.79 Å². The Kier molecular flexibility index (Phi) is 4.35. The van der Waals surface area contributed by atoms with Crippen molar-refractivity contribution in [2.45, 2.75) is 13.0 Å². The zero-order valence-electron chi connectivity index (χ0n) is 10.1. The smallest absolute Gasteiger partial charge is 0.156 e. The number of carbonyl (C=O) groups excluding carboxylic acids is 1. The molecule has 0 amide bonds. The molecule has 0 radical (unpaired) electrons. The minimum atomic E-state index is -0.113. The molecule has 1 aromatic heterocycles. The van der Waals surface area contributed by atoms with Crippen LogP contribution in [0.25, 0.3) is 0 Å². The summed E-state index contributed by atoms with van der Waals surface area (Å²) in [5, 5.41) is 3.88. The highest BCUT2D eigenvalue weighted by atomic mass is 35.5. The van der Waals surface area contributed by atoms with Crippen molar-refractivity contribution in [1.29, 1.82) is 0 Å². The van der Waals surface area contributed by atoms with E-state index in [0.29, 0.717) is 17.1 Å². The van der Waals surface area contributed by atoms with Crippen LogP contribution in [0.1, 0.15) is 28.9 Å². The van der Waals surface area contributed by atoms with Crippen molar-refractivity contribution < 1.29 is 4.79 Å². The molecule has 0 fully saturated rings. The van der Waals surface area contributed by atoms with E-state index in [0.717, 1.165) is 5.56 Å². The van der Waals surface area contributed by atoms with Gasteiger partial charge in [-0.2, -0.15) is 0 Å². The third kappa shape index (κ3) is 3.03. The number of rotatable bonds is 4. The van der Waals surface area contributed by atoms with Crippen molar-refractivity contribution in [3.63, 3.8) is 0 Å². The lowest BCUT2D eigenvalue weighted by Gasteiger charge is -2.17. The molecule has 6 heteroatoms. The third-order valence-electron chi connectivity index (χ3n) is 2.68. The number of carbonyl (C=O) groups is 1. The monoisotopic (exact) mass is 295 g/mol. The Bertz CT molecular complexity index is 604. The molecule has 1 aromatic carbocycles. The molecule has 1 N–H and O–H groups in total. The van der Waals surface area contributed by atoms with Gasteiger partial charge in [0.15, 0.2) is 6.29 Å². The van der Waals surface area contributed by atoms with Crippen LogP contribution >= 0.6 is 23.2 Å². The zero-order valence-corrected chi connectivity index (χ0v) is 11.6. The molecule has 0 aliphatic rings. The third-order valence-corrected chi connectivity index (χ3v) is 3.32. The normalized spacial score (nSPS) is 11.9. The average molecular weight is 296 g/mol.